The lowest BCUT2D eigenvalue weighted by Gasteiger charge is -2.04. The molecule has 52 valence electrons. The van der Waals surface area contributed by atoms with Gasteiger partial charge in [0.25, 0.3) is 0 Å². The van der Waals surface area contributed by atoms with E-state index in [9.17, 15) is 9.59 Å². The van der Waals surface area contributed by atoms with Gasteiger partial charge in [-0.3, -0.25) is 4.79 Å². The van der Waals surface area contributed by atoms with Crippen molar-refractivity contribution in [3.63, 3.8) is 0 Å². The van der Waals surface area contributed by atoms with Gasteiger partial charge in [-0.25, -0.2) is 4.79 Å². The van der Waals surface area contributed by atoms with Gasteiger partial charge in [0, 0.05) is 0 Å². The van der Waals surface area contributed by atoms with Crippen LogP contribution in [0, 0.1) is 0 Å². The van der Waals surface area contributed by atoms with E-state index >= 15 is 0 Å². The minimum atomic E-state index is -0.908. The maximum Gasteiger partial charge on any atom is 0.405 e. The monoisotopic (exact) mass is 131 g/mol. The SMILES string of the molecule is CCC(C=O)OC(N)=O. The molecule has 4 heteroatoms. The molecule has 0 bridgehead atoms. The summed E-state index contributed by atoms with van der Waals surface area (Å²) in [5.41, 5.74) is 4.62. The molecule has 1 unspecified atom stereocenters. The molecule has 1 atom stereocenters. The third kappa shape index (κ3) is 3.52. The lowest BCUT2D eigenvalue weighted by atomic mass is 10.3. The van der Waals surface area contributed by atoms with E-state index in [-0.39, 0.29) is 0 Å². The van der Waals surface area contributed by atoms with Crippen molar-refractivity contribution in [3.8, 4) is 0 Å². The highest BCUT2D eigenvalue weighted by Crippen LogP contribution is 1.91. The number of rotatable bonds is 3. The molecule has 0 saturated heterocycles. The third-order valence-electron chi connectivity index (χ3n) is 0.822. The van der Waals surface area contributed by atoms with Crippen LogP contribution >= 0.6 is 0 Å². The summed E-state index contributed by atoms with van der Waals surface area (Å²) in [6.45, 7) is 1.72. The minimum Gasteiger partial charge on any atom is -0.439 e. The van der Waals surface area contributed by atoms with Gasteiger partial charge >= 0.3 is 6.09 Å². The molecular formula is C5H9NO3. The van der Waals surface area contributed by atoms with Gasteiger partial charge in [-0.15, -0.1) is 0 Å². The number of hydrogen-bond donors (Lipinski definition) is 1. The Bertz CT molecular complexity index is 113. The topological polar surface area (TPSA) is 69.4 Å². The second kappa shape index (κ2) is 3.88. The van der Waals surface area contributed by atoms with E-state index in [4.69, 9.17) is 0 Å². The molecule has 0 aliphatic rings. The average molecular weight is 131 g/mol. The molecule has 0 aromatic heterocycles. The number of nitrogens with two attached hydrogens (primary N) is 1. The lowest BCUT2D eigenvalue weighted by molar-refractivity contribution is -0.115. The maximum absolute atomic E-state index is 9.97. The molecule has 0 heterocycles. The third-order valence-corrected chi connectivity index (χ3v) is 0.822. The van der Waals surface area contributed by atoms with Gasteiger partial charge < -0.3 is 10.5 Å². The summed E-state index contributed by atoms with van der Waals surface area (Å²) < 4.78 is 4.32. The summed E-state index contributed by atoms with van der Waals surface area (Å²) >= 11 is 0. The Morgan fingerprint density at radius 1 is 1.89 bits per heavy atom. The van der Waals surface area contributed by atoms with Crippen LogP contribution in [0.1, 0.15) is 13.3 Å². The van der Waals surface area contributed by atoms with Crippen molar-refractivity contribution < 1.29 is 14.3 Å². The molecule has 1 amide bonds. The molecule has 0 spiro atoms. The second-order valence-electron chi connectivity index (χ2n) is 1.52. The number of amides is 1. The van der Waals surface area contributed by atoms with Gasteiger partial charge in [0.15, 0.2) is 12.4 Å². The Kier molecular flexibility index (Phi) is 3.43. The molecule has 4 nitrogen and oxygen atoms in total. The summed E-state index contributed by atoms with van der Waals surface area (Å²) in [6.07, 6.45) is -0.576. The zero-order valence-corrected chi connectivity index (χ0v) is 5.16. The van der Waals surface area contributed by atoms with Crippen LogP contribution in [0.15, 0.2) is 0 Å². The number of ether oxygens (including phenoxy) is 1. The van der Waals surface area contributed by atoms with Gasteiger partial charge in [0.1, 0.15) is 0 Å². The molecule has 0 radical (unpaired) electrons. The molecule has 0 aliphatic heterocycles. The molecule has 0 rings (SSSR count). The lowest BCUT2D eigenvalue weighted by Crippen LogP contribution is -2.22. The quantitative estimate of drug-likeness (QED) is 0.550. The van der Waals surface area contributed by atoms with E-state index < -0.39 is 12.2 Å². The standard InChI is InChI=1S/C5H9NO3/c1-2-4(3-7)9-5(6)8/h3-4H,2H2,1H3,(H2,6,8). The number of primary amides is 1. The first-order valence-electron chi connectivity index (χ1n) is 2.62. The van der Waals surface area contributed by atoms with Crippen molar-refractivity contribution in [1.29, 1.82) is 0 Å². The molecule has 9 heavy (non-hydrogen) atoms. The van der Waals surface area contributed by atoms with Crippen LogP contribution in [-0.4, -0.2) is 18.5 Å². The molecule has 2 N–H and O–H groups in total. The first kappa shape index (κ1) is 7.94. The largest absolute Gasteiger partial charge is 0.439 e. The highest BCUT2D eigenvalue weighted by Gasteiger charge is 2.06. The van der Waals surface area contributed by atoms with Crippen molar-refractivity contribution in [3.05, 3.63) is 0 Å². The predicted molar refractivity (Wildman–Crippen MR) is 30.8 cm³/mol. The van der Waals surface area contributed by atoms with Crippen LogP contribution in [0.3, 0.4) is 0 Å². The van der Waals surface area contributed by atoms with Crippen LogP contribution in [0.5, 0.6) is 0 Å². The fraction of sp³-hybridized carbons (Fsp3) is 0.600. The van der Waals surface area contributed by atoms with Gasteiger partial charge in [0.05, 0.1) is 0 Å². The van der Waals surface area contributed by atoms with Crippen LogP contribution in [0.2, 0.25) is 0 Å². The van der Waals surface area contributed by atoms with Crippen molar-refractivity contribution in [1.82, 2.24) is 0 Å². The van der Waals surface area contributed by atoms with E-state index in [2.05, 4.69) is 10.5 Å². The molecule has 0 aromatic rings. The van der Waals surface area contributed by atoms with E-state index in [0.29, 0.717) is 12.7 Å². The van der Waals surface area contributed by atoms with E-state index in [1.54, 1.807) is 6.92 Å². The van der Waals surface area contributed by atoms with Gasteiger partial charge in [-0.2, -0.15) is 0 Å². The normalized spacial score (nSPS) is 12.1. The van der Waals surface area contributed by atoms with Crippen molar-refractivity contribution in [2.24, 2.45) is 5.73 Å². The highest BCUT2D eigenvalue weighted by molar-refractivity contribution is 5.68. The van der Waals surface area contributed by atoms with Gasteiger partial charge in [0.2, 0.25) is 0 Å². The summed E-state index contributed by atoms with van der Waals surface area (Å²) in [4.78, 5) is 19.9. The fourth-order valence-corrected chi connectivity index (χ4v) is 0.357. The Morgan fingerprint density at radius 2 is 2.44 bits per heavy atom. The number of aldehydes is 1. The van der Waals surface area contributed by atoms with Crippen LogP contribution in [-0.2, 0) is 9.53 Å². The first-order chi connectivity index (χ1) is 4.20. The van der Waals surface area contributed by atoms with Crippen LogP contribution in [0.25, 0.3) is 0 Å². The van der Waals surface area contributed by atoms with E-state index in [1.165, 1.54) is 0 Å². The summed E-state index contributed by atoms with van der Waals surface area (Å²) in [6, 6.07) is 0. The van der Waals surface area contributed by atoms with E-state index in [0.717, 1.165) is 0 Å². The molecule has 0 aliphatic carbocycles. The average Bonchev–Trinajstić information content (AvgIpc) is 1.82. The zero-order chi connectivity index (χ0) is 7.28. The summed E-state index contributed by atoms with van der Waals surface area (Å²) in [5.74, 6) is 0. The summed E-state index contributed by atoms with van der Waals surface area (Å²) in [7, 11) is 0. The first-order valence-corrected chi connectivity index (χ1v) is 2.62. The highest BCUT2D eigenvalue weighted by atomic mass is 16.6. The number of carbonyl (C=O) groups is 2. The summed E-state index contributed by atoms with van der Waals surface area (Å²) in [5, 5.41) is 0. The van der Waals surface area contributed by atoms with Crippen molar-refractivity contribution in [2.45, 2.75) is 19.4 Å². The van der Waals surface area contributed by atoms with Gasteiger partial charge in [-0.1, -0.05) is 6.92 Å². The Hall–Kier alpha value is -1.06. The smallest absolute Gasteiger partial charge is 0.405 e. The van der Waals surface area contributed by atoms with Crippen LogP contribution in [0.4, 0.5) is 4.79 Å². The van der Waals surface area contributed by atoms with Crippen LogP contribution < -0.4 is 5.73 Å². The Balaban J connectivity index is 3.55. The Morgan fingerprint density at radius 3 is 2.56 bits per heavy atom. The fourth-order valence-electron chi connectivity index (χ4n) is 0.357. The Labute approximate surface area is 53.0 Å². The maximum atomic E-state index is 9.97. The predicted octanol–water partition coefficient (Wildman–Crippen LogP) is 0.0592. The molecule has 0 saturated carbocycles. The number of carbonyl (C=O) groups excluding carboxylic acids is 2. The number of hydrogen-bond acceptors (Lipinski definition) is 3. The second-order valence-corrected chi connectivity index (χ2v) is 1.52. The van der Waals surface area contributed by atoms with Crippen molar-refractivity contribution >= 4 is 12.4 Å². The molecular weight excluding hydrogens is 122 g/mol. The van der Waals surface area contributed by atoms with E-state index in [1.807, 2.05) is 0 Å². The molecule has 0 aromatic carbocycles. The van der Waals surface area contributed by atoms with Crippen molar-refractivity contribution in [2.75, 3.05) is 0 Å². The minimum absolute atomic E-state index is 0.465. The van der Waals surface area contributed by atoms with Gasteiger partial charge in [-0.05, 0) is 6.42 Å². The zero-order valence-electron chi connectivity index (χ0n) is 5.16. The molecule has 0 fully saturated rings.